The van der Waals surface area contributed by atoms with E-state index in [0.29, 0.717) is 6.61 Å². The van der Waals surface area contributed by atoms with Crippen molar-refractivity contribution in [3.8, 4) is 0 Å². The Morgan fingerprint density at radius 2 is 2.24 bits per heavy atom. The number of aliphatic hydroxyl groups excluding tert-OH is 1. The van der Waals surface area contributed by atoms with Crippen molar-refractivity contribution in [3.05, 3.63) is 0 Å². The van der Waals surface area contributed by atoms with E-state index in [1.165, 1.54) is 0 Å². The molecule has 1 atom stereocenters. The Bertz CT molecular complexity index is 233. The van der Waals surface area contributed by atoms with Crippen molar-refractivity contribution in [1.29, 1.82) is 0 Å². The van der Waals surface area contributed by atoms with Crippen LogP contribution in [0, 0.1) is 0 Å². The van der Waals surface area contributed by atoms with E-state index in [4.69, 9.17) is 9.84 Å². The predicted octanol–water partition coefficient (Wildman–Crippen LogP) is 1.03. The molecule has 1 heterocycles. The van der Waals surface area contributed by atoms with Gasteiger partial charge < -0.3 is 14.7 Å². The molecule has 1 rings (SSSR count). The number of nitrogens with zero attached hydrogens (tertiary/aromatic N) is 1. The second-order valence-corrected chi connectivity index (χ2v) is 4.15. The molecule has 100 valence electrons. The predicted molar refractivity (Wildman–Crippen MR) is 57.9 cm³/mol. The Hall–Kier alpha value is -0.750. The highest BCUT2D eigenvalue weighted by Crippen LogP contribution is 2.16. The summed E-state index contributed by atoms with van der Waals surface area (Å²) in [6, 6.07) is 0. The van der Waals surface area contributed by atoms with Crippen molar-refractivity contribution >= 4 is 5.91 Å². The number of aliphatic hydroxyl groups is 1. The van der Waals surface area contributed by atoms with Crippen LogP contribution in [0.15, 0.2) is 0 Å². The van der Waals surface area contributed by atoms with Crippen molar-refractivity contribution in [3.63, 3.8) is 0 Å². The topological polar surface area (TPSA) is 49.8 Å². The Morgan fingerprint density at radius 1 is 1.47 bits per heavy atom. The summed E-state index contributed by atoms with van der Waals surface area (Å²) in [5.41, 5.74) is 0. The van der Waals surface area contributed by atoms with Crippen molar-refractivity contribution in [2.24, 2.45) is 0 Å². The summed E-state index contributed by atoms with van der Waals surface area (Å²) in [4.78, 5) is 12.7. The fourth-order valence-corrected chi connectivity index (χ4v) is 1.90. The van der Waals surface area contributed by atoms with Crippen LogP contribution in [-0.4, -0.2) is 54.7 Å². The molecule has 0 bridgehead atoms. The molecule has 0 radical (unpaired) electrons. The number of hydrogen-bond acceptors (Lipinski definition) is 3. The maximum absolute atomic E-state index is 12.2. The number of hydrogen-bond donors (Lipinski definition) is 1. The fourth-order valence-electron chi connectivity index (χ4n) is 1.90. The monoisotopic (exact) mass is 251 g/mol. The minimum Gasteiger partial charge on any atom is -0.395 e. The fraction of sp³-hybridized carbons (Fsp3) is 0.909. The van der Waals surface area contributed by atoms with Gasteiger partial charge in [-0.25, -0.2) is 8.78 Å². The summed E-state index contributed by atoms with van der Waals surface area (Å²) in [5.74, 6) is -0.369. The highest BCUT2D eigenvalue weighted by atomic mass is 19.3. The van der Waals surface area contributed by atoms with Crippen molar-refractivity contribution in [1.82, 2.24) is 4.90 Å². The van der Waals surface area contributed by atoms with Crippen molar-refractivity contribution in [2.45, 2.75) is 38.2 Å². The molecular weight excluding hydrogens is 232 g/mol. The van der Waals surface area contributed by atoms with Crippen LogP contribution in [0.1, 0.15) is 25.7 Å². The van der Waals surface area contributed by atoms with E-state index >= 15 is 0 Å². The van der Waals surface area contributed by atoms with Gasteiger partial charge in [0.2, 0.25) is 5.91 Å². The van der Waals surface area contributed by atoms with Crippen LogP contribution in [0.5, 0.6) is 0 Å². The van der Waals surface area contributed by atoms with E-state index in [1.807, 2.05) is 0 Å². The molecule has 0 aromatic carbocycles. The maximum Gasteiger partial charge on any atom is 0.255 e. The lowest BCUT2D eigenvalue weighted by Crippen LogP contribution is -2.39. The number of rotatable bonds is 6. The zero-order valence-electron chi connectivity index (χ0n) is 9.78. The van der Waals surface area contributed by atoms with Crippen LogP contribution in [0.25, 0.3) is 0 Å². The lowest BCUT2D eigenvalue weighted by atomic mass is 10.1. The van der Waals surface area contributed by atoms with Crippen LogP contribution in [0.4, 0.5) is 8.78 Å². The third-order valence-corrected chi connectivity index (χ3v) is 2.76. The number of amides is 1. The summed E-state index contributed by atoms with van der Waals surface area (Å²) in [6.07, 6.45) is 0.197. The number of carbonyl (C=O) groups excluding carboxylic acids is 1. The van der Waals surface area contributed by atoms with Gasteiger partial charge in [0.25, 0.3) is 6.43 Å². The standard InChI is InChI=1S/C11H19F2NO3/c12-10(13)8-14(4-5-15)11(16)7-9-3-1-2-6-17-9/h9-10,15H,1-8H2. The number of halogens is 2. The maximum atomic E-state index is 12.2. The first-order valence-electron chi connectivity index (χ1n) is 5.92. The quantitative estimate of drug-likeness (QED) is 0.767. The second-order valence-electron chi connectivity index (χ2n) is 4.15. The van der Waals surface area contributed by atoms with Gasteiger partial charge in [-0.15, -0.1) is 0 Å². The Kier molecular flexibility index (Phi) is 6.36. The smallest absolute Gasteiger partial charge is 0.255 e. The number of ether oxygens (including phenoxy) is 1. The first kappa shape index (κ1) is 14.3. The lowest BCUT2D eigenvalue weighted by molar-refractivity contribution is -0.137. The first-order chi connectivity index (χ1) is 8.13. The molecule has 1 unspecified atom stereocenters. The lowest BCUT2D eigenvalue weighted by Gasteiger charge is -2.26. The summed E-state index contributed by atoms with van der Waals surface area (Å²) in [6.45, 7) is -0.335. The molecule has 1 amide bonds. The third kappa shape index (κ3) is 5.41. The minimum atomic E-state index is -2.57. The van der Waals surface area contributed by atoms with E-state index in [-0.39, 0.29) is 31.6 Å². The third-order valence-electron chi connectivity index (χ3n) is 2.76. The van der Waals surface area contributed by atoms with E-state index in [2.05, 4.69) is 0 Å². The van der Waals surface area contributed by atoms with Crippen molar-refractivity contribution in [2.75, 3.05) is 26.3 Å². The Labute approximate surface area is 99.5 Å². The van der Waals surface area contributed by atoms with Gasteiger partial charge in [0.15, 0.2) is 0 Å². The molecule has 1 aliphatic heterocycles. The van der Waals surface area contributed by atoms with E-state index in [0.717, 1.165) is 24.2 Å². The molecule has 17 heavy (non-hydrogen) atoms. The summed E-state index contributed by atoms with van der Waals surface area (Å²) in [5, 5.41) is 8.73. The highest BCUT2D eigenvalue weighted by molar-refractivity contribution is 5.76. The molecule has 1 N–H and O–H groups in total. The average molecular weight is 251 g/mol. The second kappa shape index (κ2) is 7.55. The molecule has 0 aromatic rings. The van der Waals surface area contributed by atoms with E-state index in [9.17, 15) is 13.6 Å². The Morgan fingerprint density at radius 3 is 2.76 bits per heavy atom. The molecule has 0 spiro atoms. The molecule has 0 aromatic heterocycles. The molecule has 0 saturated carbocycles. The highest BCUT2D eigenvalue weighted by Gasteiger charge is 2.23. The van der Waals surface area contributed by atoms with Crippen LogP contribution >= 0.6 is 0 Å². The molecule has 4 nitrogen and oxygen atoms in total. The van der Waals surface area contributed by atoms with Gasteiger partial charge in [-0.1, -0.05) is 0 Å². The summed E-state index contributed by atoms with van der Waals surface area (Å²) in [7, 11) is 0. The molecule has 1 saturated heterocycles. The largest absolute Gasteiger partial charge is 0.395 e. The molecule has 1 fully saturated rings. The van der Waals surface area contributed by atoms with Gasteiger partial charge in [0.1, 0.15) is 0 Å². The van der Waals surface area contributed by atoms with Gasteiger partial charge in [0, 0.05) is 13.2 Å². The first-order valence-corrected chi connectivity index (χ1v) is 5.92. The summed E-state index contributed by atoms with van der Waals surface area (Å²) >= 11 is 0. The zero-order valence-corrected chi connectivity index (χ0v) is 9.78. The van der Waals surface area contributed by atoms with Crippen molar-refractivity contribution < 1.29 is 23.4 Å². The zero-order chi connectivity index (χ0) is 12.7. The van der Waals surface area contributed by atoms with Crippen LogP contribution in [0.3, 0.4) is 0 Å². The Balaban J connectivity index is 2.39. The van der Waals surface area contributed by atoms with Gasteiger partial charge in [-0.05, 0) is 19.3 Å². The molecule has 0 aliphatic carbocycles. The normalized spacial score (nSPS) is 20.6. The van der Waals surface area contributed by atoms with Gasteiger partial charge in [0.05, 0.1) is 25.7 Å². The molecular formula is C11H19F2NO3. The average Bonchev–Trinajstić information content (AvgIpc) is 2.29. The van der Waals surface area contributed by atoms with Gasteiger partial charge in [-0.3, -0.25) is 4.79 Å². The van der Waals surface area contributed by atoms with Crippen LogP contribution in [0.2, 0.25) is 0 Å². The van der Waals surface area contributed by atoms with Gasteiger partial charge >= 0.3 is 0 Å². The number of carbonyl (C=O) groups is 1. The molecule has 6 heteroatoms. The van der Waals surface area contributed by atoms with Crippen LogP contribution < -0.4 is 0 Å². The van der Waals surface area contributed by atoms with Gasteiger partial charge in [-0.2, -0.15) is 0 Å². The summed E-state index contributed by atoms with van der Waals surface area (Å²) < 4.78 is 29.9. The van der Waals surface area contributed by atoms with Crippen LogP contribution in [-0.2, 0) is 9.53 Å². The number of alkyl halides is 2. The SMILES string of the molecule is O=C(CC1CCCCO1)N(CCO)CC(F)F. The minimum absolute atomic E-state index is 0.0457. The molecule has 1 aliphatic rings. The van der Waals surface area contributed by atoms with E-state index in [1.54, 1.807) is 0 Å². The van der Waals surface area contributed by atoms with E-state index < -0.39 is 13.0 Å².